The number of amides is 4. The van der Waals surface area contributed by atoms with Crippen LogP contribution >= 0.6 is 0 Å². The number of hydrogen-bond acceptors (Lipinski definition) is 6. The van der Waals surface area contributed by atoms with E-state index in [1.165, 1.54) is 0 Å². The molecule has 0 spiro atoms. The summed E-state index contributed by atoms with van der Waals surface area (Å²) in [4.78, 5) is 37.3. The van der Waals surface area contributed by atoms with Crippen LogP contribution in [0.1, 0.15) is 50.5 Å². The molecule has 5 atom stereocenters. The second-order valence-corrected chi connectivity index (χ2v) is 9.18. The van der Waals surface area contributed by atoms with Crippen molar-refractivity contribution in [2.45, 2.75) is 87.3 Å². The van der Waals surface area contributed by atoms with Crippen LogP contribution in [-0.2, 0) is 16.0 Å². The Morgan fingerprint density at radius 3 is 2.33 bits per heavy atom. The van der Waals surface area contributed by atoms with Gasteiger partial charge in [-0.2, -0.15) is 0 Å². The Labute approximate surface area is 192 Å². The number of nitrogens with two attached hydrogens (primary N) is 1. The van der Waals surface area contributed by atoms with Crippen LogP contribution in [0.4, 0.5) is 4.79 Å². The monoisotopic (exact) mass is 462 g/mol. The highest BCUT2D eigenvalue weighted by atomic mass is 16.3. The second kappa shape index (κ2) is 11.0. The van der Waals surface area contributed by atoms with Gasteiger partial charge in [0.2, 0.25) is 5.91 Å². The number of rotatable bonds is 7. The number of aliphatic hydroxyl groups excluding tert-OH is 2. The summed E-state index contributed by atoms with van der Waals surface area (Å²) in [6.45, 7) is 0. The molecule has 4 amide bonds. The van der Waals surface area contributed by atoms with Gasteiger partial charge in [0.1, 0.15) is 17.7 Å². The van der Waals surface area contributed by atoms with E-state index in [2.05, 4.69) is 16.0 Å². The molecule has 2 aliphatic rings. The van der Waals surface area contributed by atoms with Crippen LogP contribution in [0.15, 0.2) is 30.3 Å². The Morgan fingerprint density at radius 2 is 1.70 bits per heavy atom. The van der Waals surface area contributed by atoms with Gasteiger partial charge in [0.15, 0.2) is 0 Å². The standard InChI is InChI=1S/C23H34N4O6/c24-20(30)16(11-14-7-3-1-4-8-14)26-21(31)23(33)12-17(19(29)18(28)13-23)27-22(32)25-15-9-5-2-6-10-15/h1,3-4,7-8,15-19,28-29,33H,2,5-6,9-13H2,(H2,24,30)(H,26,31)(H2,25,27,32)/t16-,17+,18-,19-,23-/m1/s1. The van der Waals surface area contributed by atoms with Crippen LogP contribution in [0, 0.1) is 0 Å². The van der Waals surface area contributed by atoms with Gasteiger partial charge in [0.05, 0.1) is 12.1 Å². The van der Waals surface area contributed by atoms with Gasteiger partial charge in [0.25, 0.3) is 5.91 Å². The van der Waals surface area contributed by atoms with Crippen LogP contribution in [0.3, 0.4) is 0 Å². The van der Waals surface area contributed by atoms with Crippen molar-refractivity contribution in [3.8, 4) is 0 Å². The van der Waals surface area contributed by atoms with Crippen molar-refractivity contribution in [3.05, 3.63) is 35.9 Å². The summed E-state index contributed by atoms with van der Waals surface area (Å²) in [7, 11) is 0. The maximum absolute atomic E-state index is 12.9. The van der Waals surface area contributed by atoms with Gasteiger partial charge in [0, 0.05) is 25.3 Å². The van der Waals surface area contributed by atoms with Gasteiger partial charge < -0.3 is 37.0 Å². The van der Waals surface area contributed by atoms with Gasteiger partial charge in [-0.15, -0.1) is 0 Å². The molecule has 1 aromatic carbocycles. The predicted octanol–water partition coefficient (Wildman–Crippen LogP) is -0.554. The van der Waals surface area contributed by atoms with E-state index in [0.29, 0.717) is 0 Å². The van der Waals surface area contributed by atoms with E-state index in [1.807, 2.05) is 6.07 Å². The minimum Gasteiger partial charge on any atom is -0.390 e. The Kier molecular flexibility index (Phi) is 8.28. The number of primary amides is 1. The molecule has 2 aliphatic carbocycles. The zero-order chi connectivity index (χ0) is 24.0. The zero-order valence-electron chi connectivity index (χ0n) is 18.6. The van der Waals surface area contributed by atoms with Crippen molar-refractivity contribution in [3.63, 3.8) is 0 Å². The molecule has 0 unspecified atom stereocenters. The molecule has 8 N–H and O–H groups in total. The fourth-order valence-corrected chi connectivity index (χ4v) is 4.63. The molecule has 0 aromatic heterocycles. The lowest BCUT2D eigenvalue weighted by Crippen LogP contribution is -2.65. The maximum atomic E-state index is 12.9. The largest absolute Gasteiger partial charge is 0.390 e. The van der Waals surface area contributed by atoms with Crippen LogP contribution in [0.5, 0.6) is 0 Å². The first-order valence-corrected chi connectivity index (χ1v) is 11.5. The Bertz CT molecular complexity index is 832. The van der Waals surface area contributed by atoms with Gasteiger partial charge >= 0.3 is 6.03 Å². The van der Waals surface area contributed by atoms with E-state index < -0.39 is 54.2 Å². The summed E-state index contributed by atoms with van der Waals surface area (Å²) in [5, 5.41) is 39.6. The molecule has 2 fully saturated rings. The summed E-state index contributed by atoms with van der Waals surface area (Å²) >= 11 is 0. The lowest BCUT2D eigenvalue weighted by molar-refractivity contribution is -0.158. The number of carbonyl (C=O) groups excluding carboxylic acids is 3. The van der Waals surface area contributed by atoms with Crippen LogP contribution in [-0.4, -0.2) is 69.1 Å². The number of benzene rings is 1. The maximum Gasteiger partial charge on any atom is 0.315 e. The molecule has 0 bridgehead atoms. The molecular weight excluding hydrogens is 428 g/mol. The second-order valence-electron chi connectivity index (χ2n) is 9.18. The van der Waals surface area contributed by atoms with Crippen LogP contribution in [0.2, 0.25) is 0 Å². The van der Waals surface area contributed by atoms with Gasteiger partial charge in [-0.05, 0) is 18.4 Å². The van der Waals surface area contributed by atoms with E-state index in [9.17, 15) is 29.7 Å². The molecule has 182 valence electrons. The molecule has 2 saturated carbocycles. The van der Waals surface area contributed by atoms with E-state index in [-0.39, 0.29) is 18.9 Å². The molecule has 33 heavy (non-hydrogen) atoms. The minimum atomic E-state index is -2.11. The van der Waals surface area contributed by atoms with E-state index in [4.69, 9.17) is 5.73 Å². The molecule has 10 heteroatoms. The summed E-state index contributed by atoms with van der Waals surface area (Å²) in [5.41, 5.74) is 4.11. The number of urea groups is 1. The minimum absolute atomic E-state index is 0.0286. The van der Waals surface area contributed by atoms with E-state index >= 15 is 0 Å². The highest BCUT2D eigenvalue weighted by Crippen LogP contribution is 2.30. The molecular formula is C23H34N4O6. The third kappa shape index (κ3) is 6.66. The fourth-order valence-electron chi connectivity index (χ4n) is 4.63. The van der Waals surface area contributed by atoms with Crippen molar-refractivity contribution in [2.75, 3.05) is 0 Å². The third-order valence-electron chi connectivity index (χ3n) is 6.52. The van der Waals surface area contributed by atoms with Crippen molar-refractivity contribution in [2.24, 2.45) is 5.73 Å². The first kappa shape index (κ1) is 24.9. The fraction of sp³-hybridized carbons (Fsp3) is 0.609. The Balaban J connectivity index is 1.64. The molecule has 1 aromatic rings. The first-order valence-electron chi connectivity index (χ1n) is 11.5. The summed E-state index contributed by atoms with van der Waals surface area (Å²) in [6, 6.07) is 6.32. The molecule has 0 heterocycles. The predicted molar refractivity (Wildman–Crippen MR) is 120 cm³/mol. The van der Waals surface area contributed by atoms with Gasteiger partial charge in [-0.3, -0.25) is 9.59 Å². The number of hydrogen-bond donors (Lipinski definition) is 7. The Morgan fingerprint density at radius 1 is 1.03 bits per heavy atom. The molecule has 10 nitrogen and oxygen atoms in total. The molecule has 0 radical (unpaired) electrons. The van der Waals surface area contributed by atoms with Crippen molar-refractivity contribution >= 4 is 17.8 Å². The number of nitrogens with one attached hydrogen (secondary N) is 3. The first-order chi connectivity index (χ1) is 15.7. The van der Waals surface area contributed by atoms with Crippen LogP contribution in [0.25, 0.3) is 0 Å². The normalized spacial score (nSPS) is 29.0. The van der Waals surface area contributed by atoms with Crippen molar-refractivity contribution in [1.29, 1.82) is 0 Å². The Hall–Kier alpha value is -2.69. The topological polar surface area (TPSA) is 174 Å². The summed E-state index contributed by atoms with van der Waals surface area (Å²) in [5.74, 6) is -1.67. The molecule has 3 rings (SSSR count). The highest BCUT2D eigenvalue weighted by molar-refractivity contribution is 5.91. The summed E-state index contributed by atoms with van der Waals surface area (Å²) in [6.07, 6.45) is 1.48. The SMILES string of the molecule is NC(=O)[C@@H](Cc1ccccc1)NC(=O)[C@]1(O)C[C@@H](O)[C@H](O)[C@@H](NC(=O)NC2CCCCC2)C1. The quantitative estimate of drug-likeness (QED) is 0.286. The smallest absolute Gasteiger partial charge is 0.315 e. The van der Waals surface area contributed by atoms with Gasteiger partial charge in [-0.1, -0.05) is 49.6 Å². The van der Waals surface area contributed by atoms with Crippen LogP contribution < -0.4 is 21.7 Å². The number of carbonyl (C=O) groups is 3. The average Bonchev–Trinajstić information content (AvgIpc) is 2.78. The van der Waals surface area contributed by atoms with E-state index in [1.54, 1.807) is 24.3 Å². The lowest BCUT2D eigenvalue weighted by Gasteiger charge is -2.42. The molecule has 0 aliphatic heterocycles. The summed E-state index contributed by atoms with van der Waals surface area (Å²) < 4.78 is 0. The highest BCUT2D eigenvalue weighted by Gasteiger charge is 2.49. The van der Waals surface area contributed by atoms with Gasteiger partial charge in [-0.25, -0.2) is 4.79 Å². The van der Waals surface area contributed by atoms with E-state index in [0.717, 1.165) is 37.7 Å². The van der Waals surface area contributed by atoms with Crippen molar-refractivity contribution < 1.29 is 29.7 Å². The lowest BCUT2D eigenvalue weighted by atomic mass is 9.77. The van der Waals surface area contributed by atoms with Crippen molar-refractivity contribution in [1.82, 2.24) is 16.0 Å². The molecule has 0 saturated heterocycles. The number of aliphatic hydroxyl groups is 3. The average molecular weight is 463 g/mol. The third-order valence-corrected chi connectivity index (χ3v) is 6.52. The zero-order valence-corrected chi connectivity index (χ0v) is 18.6.